The molecule has 0 aliphatic carbocycles. The van der Waals surface area contributed by atoms with Crippen molar-refractivity contribution >= 4 is 5.97 Å². The highest BCUT2D eigenvalue weighted by Gasteiger charge is 2.09. The molecule has 3 nitrogen and oxygen atoms in total. The van der Waals surface area contributed by atoms with Crippen molar-refractivity contribution in [1.82, 2.24) is 0 Å². The normalized spacial score (nSPS) is 11.6. The molecule has 0 spiro atoms. The van der Waals surface area contributed by atoms with Crippen molar-refractivity contribution in [2.75, 3.05) is 0 Å². The standard InChI is InChI=1S/C11H18O3/c1-2-3-4-5-6-7-8-9-10(12)11(13)14/h10,12H,2-6,9H2,1H3,(H,13,14). The van der Waals surface area contributed by atoms with Crippen LogP contribution in [0.2, 0.25) is 0 Å². The minimum absolute atomic E-state index is 0.0309. The van der Waals surface area contributed by atoms with Gasteiger partial charge in [-0.15, -0.1) is 5.92 Å². The molecule has 0 aliphatic rings. The highest BCUT2D eigenvalue weighted by molar-refractivity contribution is 5.72. The third-order valence-corrected chi connectivity index (χ3v) is 1.86. The van der Waals surface area contributed by atoms with E-state index in [4.69, 9.17) is 10.2 Å². The van der Waals surface area contributed by atoms with E-state index < -0.39 is 12.1 Å². The molecule has 1 atom stereocenters. The molecule has 2 N–H and O–H groups in total. The zero-order valence-electron chi connectivity index (χ0n) is 8.62. The third kappa shape index (κ3) is 7.63. The second kappa shape index (κ2) is 8.58. The first kappa shape index (κ1) is 13.0. The number of rotatable bonds is 6. The fourth-order valence-corrected chi connectivity index (χ4v) is 0.985. The van der Waals surface area contributed by atoms with Crippen LogP contribution in [0.4, 0.5) is 0 Å². The Morgan fingerprint density at radius 2 is 2.00 bits per heavy atom. The second-order valence-electron chi connectivity index (χ2n) is 3.22. The van der Waals surface area contributed by atoms with Gasteiger partial charge in [0, 0.05) is 12.8 Å². The van der Waals surface area contributed by atoms with Crippen LogP contribution >= 0.6 is 0 Å². The summed E-state index contributed by atoms with van der Waals surface area (Å²) in [7, 11) is 0. The molecule has 0 amide bonds. The molecule has 0 radical (unpaired) electrons. The van der Waals surface area contributed by atoms with Gasteiger partial charge in [-0.3, -0.25) is 0 Å². The Morgan fingerprint density at radius 3 is 2.57 bits per heavy atom. The summed E-state index contributed by atoms with van der Waals surface area (Å²) in [5.41, 5.74) is 0. The van der Waals surface area contributed by atoms with Gasteiger partial charge >= 0.3 is 5.97 Å². The number of aliphatic hydroxyl groups is 1. The summed E-state index contributed by atoms with van der Waals surface area (Å²) in [6, 6.07) is 0. The van der Waals surface area contributed by atoms with Gasteiger partial charge in [-0.05, 0) is 6.42 Å². The van der Waals surface area contributed by atoms with Crippen LogP contribution in [0.1, 0.15) is 45.4 Å². The van der Waals surface area contributed by atoms with Crippen LogP contribution in [-0.2, 0) is 4.79 Å². The minimum Gasteiger partial charge on any atom is -0.479 e. The first-order valence-electron chi connectivity index (χ1n) is 5.05. The summed E-state index contributed by atoms with van der Waals surface area (Å²) < 4.78 is 0. The molecule has 0 fully saturated rings. The molecule has 1 unspecified atom stereocenters. The Morgan fingerprint density at radius 1 is 1.29 bits per heavy atom. The summed E-state index contributed by atoms with van der Waals surface area (Å²) in [6.07, 6.45) is 4.15. The lowest BCUT2D eigenvalue weighted by Crippen LogP contribution is -2.18. The van der Waals surface area contributed by atoms with E-state index in [2.05, 4.69) is 18.8 Å². The lowest BCUT2D eigenvalue weighted by molar-refractivity contribution is -0.146. The monoisotopic (exact) mass is 198 g/mol. The maximum atomic E-state index is 10.2. The second-order valence-corrected chi connectivity index (χ2v) is 3.22. The number of aliphatic carboxylic acids is 1. The fourth-order valence-electron chi connectivity index (χ4n) is 0.985. The van der Waals surface area contributed by atoms with Crippen LogP contribution in [0.15, 0.2) is 0 Å². The van der Waals surface area contributed by atoms with Crippen molar-refractivity contribution < 1.29 is 15.0 Å². The number of unbranched alkanes of at least 4 members (excludes halogenated alkanes) is 4. The molecular weight excluding hydrogens is 180 g/mol. The van der Waals surface area contributed by atoms with E-state index in [1.807, 2.05) is 0 Å². The zero-order chi connectivity index (χ0) is 10.8. The summed E-state index contributed by atoms with van der Waals surface area (Å²) in [6.45, 7) is 2.15. The maximum Gasteiger partial charge on any atom is 0.333 e. The fraction of sp³-hybridized carbons (Fsp3) is 0.727. The number of carboxylic acid groups (broad SMARTS) is 1. The molecule has 0 bridgehead atoms. The molecular formula is C11H18O3. The Labute approximate surface area is 85.1 Å². The lowest BCUT2D eigenvalue weighted by atomic mass is 10.1. The summed E-state index contributed by atoms with van der Waals surface area (Å²) in [5.74, 6) is 4.32. The Bertz CT molecular complexity index is 212. The number of aliphatic hydroxyl groups excluding tert-OH is 1. The number of carboxylic acids is 1. The van der Waals surface area contributed by atoms with Gasteiger partial charge in [-0.25, -0.2) is 4.79 Å². The molecule has 0 aromatic heterocycles. The maximum absolute atomic E-state index is 10.2. The number of hydrogen-bond acceptors (Lipinski definition) is 2. The van der Waals surface area contributed by atoms with E-state index >= 15 is 0 Å². The van der Waals surface area contributed by atoms with Crippen LogP contribution < -0.4 is 0 Å². The van der Waals surface area contributed by atoms with Crippen LogP contribution in [0, 0.1) is 11.8 Å². The predicted molar refractivity (Wildman–Crippen MR) is 54.8 cm³/mol. The molecule has 80 valence electrons. The quantitative estimate of drug-likeness (QED) is 0.505. The molecule has 0 heterocycles. The van der Waals surface area contributed by atoms with E-state index in [1.165, 1.54) is 19.3 Å². The first-order chi connectivity index (χ1) is 6.68. The van der Waals surface area contributed by atoms with Gasteiger partial charge < -0.3 is 10.2 Å². The SMILES string of the molecule is CCCCCCC#CCC(O)C(=O)O. The summed E-state index contributed by atoms with van der Waals surface area (Å²) in [5, 5.41) is 17.2. The van der Waals surface area contributed by atoms with Crippen molar-refractivity contribution in [3.05, 3.63) is 0 Å². The van der Waals surface area contributed by atoms with Crippen molar-refractivity contribution in [1.29, 1.82) is 0 Å². The largest absolute Gasteiger partial charge is 0.479 e. The highest BCUT2D eigenvalue weighted by atomic mass is 16.4. The van der Waals surface area contributed by atoms with Crippen molar-refractivity contribution in [3.8, 4) is 11.8 Å². The van der Waals surface area contributed by atoms with Gasteiger partial charge in [0.25, 0.3) is 0 Å². The number of hydrogen-bond donors (Lipinski definition) is 2. The lowest BCUT2D eigenvalue weighted by Gasteiger charge is -1.97. The van der Waals surface area contributed by atoms with Gasteiger partial charge in [0.05, 0.1) is 0 Å². The van der Waals surface area contributed by atoms with Gasteiger partial charge in [0.15, 0.2) is 6.10 Å². The van der Waals surface area contributed by atoms with Crippen LogP contribution in [0.5, 0.6) is 0 Å². The van der Waals surface area contributed by atoms with Crippen molar-refractivity contribution in [2.45, 2.75) is 51.6 Å². The summed E-state index contributed by atoms with van der Waals surface area (Å²) in [4.78, 5) is 10.2. The molecule has 0 aliphatic heterocycles. The van der Waals surface area contributed by atoms with E-state index in [0.29, 0.717) is 0 Å². The van der Waals surface area contributed by atoms with E-state index in [1.54, 1.807) is 0 Å². The van der Waals surface area contributed by atoms with E-state index in [0.717, 1.165) is 12.8 Å². The van der Waals surface area contributed by atoms with E-state index in [-0.39, 0.29) is 6.42 Å². The molecule has 0 aromatic rings. The highest BCUT2D eigenvalue weighted by Crippen LogP contribution is 2.01. The molecule has 14 heavy (non-hydrogen) atoms. The Hall–Kier alpha value is -1.01. The molecule has 0 aromatic carbocycles. The Kier molecular flexibility index (Phi) is 7.96. The summed E-state index contributed by atoms with van der Waals surface area (Å²) >= 11 is 0. The van der Waals surface area contributed by atoms with Crippen LogP contribution in [-0.4, -0.2) is 22.3 Å². The number of carbonyl (C=O) groups is 1. The predicted octanol–water partition coefficient (Wildman–Crippen LogP) is 1.80. The van der Waals surface area contributed by atoms with Gasteiger partial charge in [-0.2, -0.15) is 0 Å². The zero-order valence-corrected chi connectivity index (χ0v) is 8.62. The minimum atomic E-state index is -1.34. The average Bonchev–Trinajstić information content (AvgIpc) is 2.16. The molecule has 0 rings (SSSR count). The molecule has 0 saturated carbocycles. The van der Waals surface area contributed by atoms with Crippen LogP contribution in [0.25, 0.3) is 0 Å². The topological polar surface area (TPSA) is 57.5 Å². The molecule has 0 saturated heterocycles. The average molecular weight is 198 g/mol. The third-order valence-electron chi connectivity index (χ3n) is 1.86. The van der Waals surface area contributed by atoms with E-state index in [9.17, 15) is 4.79 Å². The first-order valence-corrected chi connectivity index (χ1v) is 5.05. The van der Waals surface area contributed by atoms with Gasteiger partial charge in [0.2, 0.25) is 0 Å². The van der Waals surface area contributed by atoms with Crippen LogP contribution in [0.3, 0.4) is 0 Å². The van der Waals surface area contributed by atoms with Gasteiger partial charge in [-0.1, -0.05) is 32.1 Å². The smallest absolute Gasteiger partial charge is 0.333 e. The molecule has 3 heteroatoms. The Balaban J connectivity index is 3.39. The van der Waals surface area contributed by atoms with Crippen molar-refractivity contribution in [3.63, 3.8) is 0 Å². The van der Waals surface area contributed by atoms with Crippen molar-refractivity contribution in [2.24, 2.45) is 0 Å². The van der Waals surface area contributed by atoms with Gasteiger partial charge in [0.1, 0.15) is 0 Å².